The maximum Gasteiger partial charge on any atom is 0.253 e. The third-order valence-electron chi connectivity index (χ3n) is 4.48. The van der Waals surface area contributed by atoms with Crippen molar-refractivity contribution in [2.75, 3.05) is 30.0 Å². The second kappa shape index (κ2) is 9.28. The molecule has 0 radical (unpaired) electrons. The lowest BCUT2D eigenvalue weighted by Crippen LogP contribution is -2.41. The smallest absolute Gasteiger partial charge is 0.253 e. The minimum atomic E-state index is -0.234. The van der Waals surface area contributed by atoms with Crippen LogP contribution in [0.4, 0.5) is 15.8 Å². The molecule has 6 heteroatoms. The van der Waals surface area contributed by atoms with E-state index in [1.807, 2.05) is 12.1 Å². The molecular weight excluding hydrogens is 347 g/mol. The molecule has 1 fully saturated rings. The third-order valence-corrected chi connectivity index (χ3v) is 4.48. The maximum atomic E-state index is 12.9. The summed E-state index contributed by atoms with van der Waals surface area (Å²) < 4.78 is 18.0. The van der Waals surface area contributed by atoms with Gasteiger partial charge in [-0.05, 0) is 61.2 Å². The van der Waals surface area contributed by atoms with E-state index in [9.17, 15) is 14.0 Å². The number of halogens is 1. The van der Waals surface area contributed by atoms with Crippen molar-refractivity contribution < 1.29 is 18.7 Å². The molecule has 1 aliphatic heterocycles. The van der Waals surface area contributed by atoms with E-state index in [0.717, 1.165) is 30.5 Å². The van der Waals surface area contributed by atoms with Gasteiger partial charge >= 0.3 is 0 Å². The van der Waals surface area contributed by atoms with Gasteiger partial charge in [-0.25, -0.2) is 4.39 Å². The largest absolute Gasteiger partial charge is 0.370 e. The van der Waals surface area contributed by atoms with Crippen molar-refractivity contribution in [1.29, 1.82) is 0 Å². The second-order valence-electron chi connectivity index (χ2n) is 6.53. The van der Waals surface area contributed by atoms with Crippen molar-refractivity contribution in [2.24, 2.45) is 0 Å². The molecule has 0 aromatic heterocycles. The second-order valence-corrected chi connectivity index (χ2v) is 6.53. The van der Waals surface area contributed by atoms with Gasteiger partial charge in [-0.1, -0.05) is 12.1 Å². The average Bonchev–Trinajstić information content (AvgIpc) is 2.68. The zero-order chi connectivity index (χ0) is 19.1. The van der Waals surface area contributed by atoms with E-state index in [1.165, 1.54) is 12.1 Å². The summed E-state index contributed by atoms with van der Waals surface area (Å²) in [4.78, 5) is 25.6. The quantitative estimate of drug-likeness (QED) is 0.759. The number of nitrogens with zero attached hydrogens (tertiary/aromatic N) is 1. The Morgan fingerprint density at radius 1 is 1.07 bits per heavy atom. The van der Waals surface area contributed by atoms with Gasteiger partial charge in [0, 0.05) is 24.3 Å². The number of hydrogen-bond acceptors (Lipinski definition) is 3. The molecule has 1 saturated heterocycles. The Balaban J connectivity index is 1.41. The van der Waals surface area contributed by atoms with Gasteiger partial charge < -0.3 is 15.0 Å². The molecule has 0 aliphatic carbocycles. The molecule has 2 amide bonds. The minimum Gasteiger partial charge on any atom is -0.370 e. The van der Waals surface area contributed by atoms with E-state index < -0.39 is 0 Å². The Hall–Kier alpha value is -2.73. The third kappa shape index (κ3) is 5.62. The van der Waals surface area contributed by atoms with Crippen molar-refractivity contribution in [3.05, 3.63) is 59.9 Å². The summed E-state index contributed by atoms with van der Waals surface area (Å²) in [7, 11) is 0. The van der Waals surface area contributed by atoms with Gasteiger partial charge in [-0.2, -0.15) is 0 Å². The van der Waals surface area contributed by atoms with E-state index >= 15 is 0 Å². The van der Waals surface area contributed by atoms with Gasteiger partial charge in [0.25, 0.3) is 5.91 Å². The van der Waals surface area contributed by atoms with Crippen LogP contribution < -0.4 is 10.2 Å². The van der Waals surface area contributed by atoms with Gasteiger partial charge in [-0.3, -0.25) is 9.59 Å². The van der Waals surface area contributed by atoms with E-state index in [-0.39, 0.29) is 24.2 Å². The van der Waals surface area contributed by atoms with Crippen molar-refractivity contribution in [3.63, 3.8) is 0 Å². The summed E-state index contributed by atoms with van der Waals surface area (Å²) in [6.07, 6.45) is 2.90. The van der Waals surface area contributed by atoms with Crippen LogP contribution in [-0.2, 0) is 20.7 Å². The van der Waals surface area contributed by atoms with Gasteiger partial charge in [0.05, 0.1) is 6.61 Å². The number of rotatable bonds is 7. The first kappa shape index (κ1) is 19.0. The number of carbonyl (C=O) groups excluding carboxylic acids is 2. The number of carbonyl (C=O) groups is 2. The molecule has 0 saturated carbocycles. The zero-order valence-electron chi connectivity index (χ0n) is 15.1. The molecule has 0 atom stereocenters. The number of ether oxygens (including phenoxy) is 1. The van der Waals surface area contributed by atoms with Crippen LogP contribution in [-0.4, -0.2) is 31.6 Å². The van der Waals surface area contributed by atoms with Crippen molar-refractivity contribution >= 4 is 23.2 Å². The average molecular weight is 370 g/mol. The predicted octanol–water partition coefficient (Wildman–Crippen LogP) is 3.54. The number of amides is 2. The fraction of sp³-hybridized carbons (Fsp3) is 0.333. The lowest BCUT2D eigenvalue weighted by atomic mass is 10.1. The highest BCUT2D eigenvalue weighted by atomic mass is 19.1. The maximum absolute atomic E-state index is 12.9. The SMILES string of the molecule is O=C(CCCCc1ccc(F)cc1)Nc1ccc(N2CCOCC2=O)cc1. The summed E-state index contributed by atoms with van der Waals surface area (Å²) in [5.41, 5.74) is 2.59. The van der Waals surface area contributed by atoms with Gasteiger partial charge in [-0.15, -0.1) is 0 Å². The van der Waals surface area contributed by atoms with E-state index in [1.54, 1.807) is 29.2 Å². The number of hydrogen-bond donors (Lipinski definition) is 1. The first-order valence-corrected chi connectivity index (χ1v) is 9.14. The van der Waals surface area contributed by atoms with Crippen LogP contribution in [0.2, 0.25) is 0 Å². The Bertz CT molecular complexity index is 775. The topological polar surface area (TPSA) is 58.6 Å². The molecule has 2 aromatic carbocycles. The van der Waals surface area contributed by atoms with Crippen LogP contribution in [0.5, 0.6) is 0 Å². The van der Waals surface area contributed by atoms with Crippen LogP contribution in [0.1, 0.15) is 24.8 Å². The van der Waals surface area contributed by atoms with E-state index in [4.69, 9.17) is 4.74 Å². The fourth-order valence-electron chi connectivity index (χ4n) is 3.00. The summed E-state index contributed by atoms with van der Waals surface area (Å²) in [5, 5.41) is 2.87. The predicted molar refractivity (Wildman–Crippen MR) is 102 cm³/mol. The van der Waals surface area contributed by atoms with Crippen LogP contribution in [0.15, 0.2) is 48.5 Å². The van der Waals surface area contributed by atoms with Crippen LogP contribution in [0, 0.1) is 5.82 Å². The molecule has 5 nitrogen and oxygen atoms in total. The zero-order valence-corrected chi connectivity index (χ0v) is 15.1. The van der Waals surface area contributed by atoms with Gasteiger partial charge in [0.15, 0.2) is 0 Å². The Morgan fingerprint density at radius 3 is 2.52 bits per heavy atom. The number of unbranched alkanes of at least 4 members (excludes halogenated alkanes) is 1. The number of benzene rings is 2. The number of morpholine rings is 1. The molecule has 142 valence electrons. The summed E-state index contributed by atoms with van der Waals surface area (Å²) in [6.45, 7) is 1.18. The molecule has 1 aliphatic rings. The first-order chi connectivity index (χ1) is 13.1. The number of anilines is 2. The monoisotopic (exact) mass is 370 g/mol. The molecule has 0 bridgehead atoms. The highest BCUT2D eigenvalue weighted by Crippen LogP contribution is 2.20. The molecule has 2 aromatic rings. The molecular formula is C21H23FN2O3. The summed E-state index contributed by atoms with van der Waals surface area (Å²) >= 11 is 0. The van der Waals surface area contributed by atoms with Crippen LogP contribution >= 0.6 is 0 Å². The highest BCUT2D eigenvalue weighted by molar-refractivity contribution is 5.95. The standard InChI is InChI=1S/C21H23FN2O3/c22-17-7-5-16(6-8-17)3-1-2-4-20(25)23-18-9-11-19(12-10-18)24-13-14-27-15-21(24)26/h5-12H,1-4,13-15H2,(H,23,25). The Labute approximate surface area is 158 Å². The van der Waals surface area contributed by atoms with Crippen molar-refractivity contribution in [2.45, 2.75) is 25.7 Å². The fourth-order valence-corrected chi connectivity index (χ4v) is 3.00. The number of nitrogens with one attached hydrogen (secondary N) is 1. The van der Waals surface area contributed by atoms with Gasteiger partial charge in [0.1, 0.15) is 12.4 Å². The summed E-state index contributed by atoms with van der Waals surface area (Å²) in [6, 6.07) is 13.7. The Morgan fingerprint density at radius 2 is 1.81 bits per heavy atom. The molecule has 0 unspecified atom stereocenters. The van der Waals surface area contributed by atoms with E-state index in [0.29, 0.717) is 25.3 Å². The summed E-state index contributed by atoms with van der Waals surface area (Å²) in [5.74, 6) is -0.328. The first-order valence-electron chi connectivity index (χ1n) is 9.14. The molecule has 3 rings (SSSR count). The van der Waals surface area contributed by atoms with E-state index in [2.05, 4.69) is 5.32 Å². The van der Waals surface area contributed by atoms with Crippen LogP contribution in [0.3, 0.4) is 0 Å². The van der Waals surface area contributed by atoms with Crippen molar-refractivity contribution in [1.82, 2.24) is 0 Å². The Kier molecular flexibility index (Phi) is 6.54. The molecule has 0 spiro atoms. The van der Waals surface area contributed by atoms with Crippen molar-refractivity contribution in [3.8, 4) is 0 Å². The van der Waals surface area contributed by atoms with Crippen LogP contribution in [0.25, 0.3) is 0 Å². The van der Waals surface area contributed by atoms with Gasteiger partial charge in [0.2, 0.25) is 5.91 Å². The lowest BCUT2D eigenvalue weighted by Gasteiger charge is -2.26. The number of aryl methyl sites for hydroxylation is 1. The minimum absolute atomic E-state index is 0.0377. The molecule has 1 N–H and O–H groups in total. The molecule has 27 heavy (non-hydrogen) atoms. The molecule has 1 heterocycles. The normalized spacial score (nSPS) is 14.3. The highest BCUT2D eigenvalue weighted by Gasteiger charge is 2.19. The lowest BCUT2D eigenvalue weighted by molar-refractivity contribution is -0.125.